The Labute approximate surface area is 167 Å². The van der Waals surface area contributed by atoms with Crippen molar-refractivity contribution in [3.8, 4) is 5.69 Å². The molecule has 0 saturated carbocycles. The summed E-state index contributed by atoms with van der Waals surface area (Å²) in [5.41, 5.74) is 0.362. The zero-order valence-corrected chi connectivity index (χ0v) is 16.3. The molecule has 3 aromatic rings. The summed E-state index contributed by atoms with van der Waals surface area (Å²) in [4.78, 5) is 27.1. The van der Waals surface area contributed by atoms with Gasteiger partial charge in [-0.05, 0) is 36.8 Å². The highest BCUT2D eigenvalue weighted by atomic mass is 16.3. The number of aromatic nitrogens is 2. The minimum atomic E-state index is -1.75. The van der Waals surface area contributed by atoms with E-state index >= 15 is 0 Å². The molecule has 1 amide bonds. The first-order valence-corrected chi connectivity index (χ1v) is 9.52. The number of benzene rings is 2. The van der Waals surface area contributed by atoms with Gasteiger partial charge in [-0.2, -0.15) is 0 Å². The fourth-order valence-corrected chi connectivity index (χ4v) is 3.94. The number of aliphatic hydroxyl groups excluding tert-OH is 1. The van der Waals surface area contributed by atoms with Gasteiger partial charge in [0.25, 0.3) is 11.5 Å². The highest BCUT2D eigenvalue weighted by molar-refractivity contribution is 6.07. The van der Waals surface area contributed by atoms with Crippen LogP contribution in [0.2, 0.25) is 0 Å². The Morgan fingerprint density at radius 1 is 1.21 bits per heavy atom. The lowest BCUT2D eigenvalue weighted by Gasteiger charge is -2.27. The predicted molar refractivity (Wildman–Crippen MR) is 111 cm³/mol. The number of nitrogens with zero attached hydrogens (tertiary/aromatic N) is 2. The maximum Gasteiger partial charge on any atom is 0.279 e. The first kappa shape index (κ1) is 19.2. The van der Waals surface area contributed by atoms with Gasteiger partial charge in [0.2, 0.25) is 0 Å². The van der Waals surface area contributed by atoms with Crippen molar-refractivity contribution in [1.29, 1.82) is 0 Å². The van der Waals surface area contributed by atoms with Crippen LogP contribution in [0.1, 0.15) is 18.9 Å². The molecule has 2 atom stereocenters. The van der Waals surface area contributed by atoms with Crippen LogP contribution in [0.4, 0.5) is 5.69 Å². The molecule has 4 rings (SSSR count). The maximum atomic E-state index is 12.9. The number of para-hydroxylation sites is 1. The molecular weight excluding hydrogens is 370 g/mol. The molecule has 1 aromatic heterocycles. The molecule has 7 nitrogen and oxygen atoms in total. The van der Waals surface area contributed by atoms with E-state index in [1.54, 1.807) is 56.5 Å². The van der Waals surface area contributed by atoms with Crippen LogP contribution in [0, 0.1) is 5.92 Å². The SMILES string of the molecule is C[C@H](/C=C/CCO)[C@@]1(O)C(=O)N(C)c2ccc(-n3[nH]c4ccccc4c3=O)cc21. The monoisotopic (exact) mass is 393 g/mol. The van der Waals surface area contributed by atoms with Crippen LogP contribution in [0.3, 0.4) is 0 Å². The maximum absolute atomic E-state index is 12.9. The van der Waals surface area contributed by atoms with E-state index < -0.39 is 17.4 Å². The molecule has 1 aliphatic heterocycles. The number of rotatable bonds is 5. The van der Waals surface area contributed by atoms with Crippen LogP contribution in [0.5, 0.6) is 0 Å². The number of hydrogen-bond acceptors (Lipinski definition) is 4. The Kier molecular flexibility index (Phi) is 4.64. The van der Waals surface area contributed by atoms with Gasteiger partial charge in [-0.15, -0.1) is 0 Å². The van der Waals surface area contributed by atoms with Crippen LogP contribution in [-0.2, 0) is 10.4 Å². The number of carbonyl (C=O) groups excluding carboxylic acids is 1. The molecule has 0 aliphatic carbocycles. The standard InChI is InChI=1S/C22H23N3O4/c1-14(7-5-6-12-26)22(29)17-13-15(10-11-19(17)24(2)21(22)28)25-20(27)16-8-3-4-9-18(16)23-25/h3-5,7-11,13-14,23,26,29H,6,12H2,1-2H3/b7-5+/t14-,22+/m1/s1. The first-order chi connectivity index (χ1) is 13.9. The van der Waals surface area contributed by atoms with Gasteiger partial charge in [-0.25, -0.2) is 4.68 Å². The van der Waals surface area contributed by atoms with E-state index in [4.69, 9.17) is 5.11 Å². The second-order valence-corrected chi connectivity index (χ2v) is 7.36. The van der Waals surface area contributed by atoms with Crippen molar-refractivity contribution in [3.63, 3.8) is 0 Å². The Hall–Kier alpha value is -3.16. The van der Waals surface area contributed by atoms with E-state index in [1.165, 1.54) is 9.58 Å². The number of hydrogen-bond donors (Lipinski definition) is 3. The molecule has 0 bridgehead atoms. The summed E-state index contributed by atoms with van der Waals surface area (Å²) < 4.78 is 1.42. The molecule has 2 aromatic carbocycles. The lowest BCUT2D eigenvalue weighted by Crippen LogP contribution is -2.43. The topological polar surface area (TPSA) is 98.6 Å². The number of fused-ring (bicyclic) bond motifs is 2. The van der Waals surface area contributed by atoms with E-state index in [2.05, 4.69) is 5.10 Å². The molecule has 2 heterocycles. The molecule has 0 spiro atoms. The molecule has 0 unspecified atom stereocenters. The number of carbonyl (C=O) groups is 1. The molecule has 0 fully saturated rings. The van der Waals surface area contributed by atoms with E-state index in [0.29, 0.717) is 34.3 Å². The van der Waals surface area contributed by atoms with E-state index in [-0.39, 0.29) is 12.2 Å². The minimum Gasteiger partial charge on any atom is -0.396 e. The zero-order chi connectivity index (χ0) is 20.8. The van der Waals surface area contributed by atoms with Crippen LogP contribution in [-0.4, -0.2) is 39.6 Å². The number of amides is 1. The summed E-state index contributed by atoms with van der Waals surface area (Å²) in [5.74, 6) is -0.935. The minimum absolute atomic E-state index is 0.000463. The van der Waals surface area contributed by atoms with Crippen LogP contribution in [0.15, 0.2) is 59.4 Å². The Balaban J connectivity index is 1.85. The van der Waals surface area contributed by atoms with Gasteiger partial charge < -0.3 is 15.1 Å². The van der Waals surface area contributed by atoms with E-state index in [1.807, 2.05) is 12.1 Å². The highest BCUT2D eigenvalue weighted by Crippen LogP contribution is 2.45. The molecule has 1 aliphatic rings. The van der Waals surface area contributed by atoms with Gasteiger partial charge >= 0.3 is 0 Å². The second-order valence-electron chi connectivity index (χ2n) is 7.36. The fraction of sp³-hybridized carbons (Fsp3) is 0.273. The summed E-state index contributed by atoms with van der Waals surface area (Å²) in [6.07, 6.45) is 3.93. The lowest BCUT2D eigenvalue weighted by molar-refractivity contribution is -0.139. The molecule has 3 N–H and O–H groups in total. The Morgan fingerprint density at radius 3 is 2.69 bits per heavy atom. The van der Waals surface area contributed by atoms with Crippen LogP contribution >= 0.6 is 0 Å². The smallest absolute Gasteiger partial charge is 0.279 e. The quantitative estimate of drug-likeness (QED) is 0.578. The highest BCUT2D eigenvalue weighted by Gasteiger charge is 2.51. The number of aliphatic hydroxyl groups is 2. The fourth-order valence-electron chi connectivity index (χ4n) is 3.94. The third-order valence-corrected chi connectivity index (χ3v) is 5.61. The molecule has 29 heavy (non-hydrogen) atoms. The summed E-state index contributed by atoms with van der Waals surface area (Å²) in [6, 6.07) is 12.4. The van der Waals surface area contributed by atoms with Crippen molar-refractivity contribution < 1.29 is 15.0 Å². The van der Waals surface area contributed by atoms with Gasteiger partial charge in [0.05, 0.1) is 22.3 Å². The Bertz CT molecular complexity index is 1180. The number of H-pyrrole nitrogens is 1. The average Bonchev–Trinajstić information content (AvgIpc) is 3.17. The molecule has 7 heteroatoms. The van der Waals surface area contributed by atoms with Crippen LogP contribution < -0.4 is 10.5 Å². The van der Waals surface area contributed by atoms with Gasteiger partial charge in [-0.1, -0.05) is 31.2 Å². The van der Waals surface area contributed by atoms with Crippen molar-refractivity contribution in [1.82, 2.24) is 9.78 Å². The van der Waals surface area contributed by atoms with Crippen molar-refractivity contribution in [2.45, 2.75) is 18.9 Å². The van der Waals surface area contributed by atoms with Crippen LogP contribution in [0.25, 0.3) is 16.6 Å². The predicted octanol–water partition coefficient (Wildman–Crippen LogP) is 2.06. The Morgan fingerprint density at radius 2 is 1.97 bits per heavy atom. The van der Waals surface area contributed by atoms with E-state index in [0.717, 1.165) is 0 Å². The van der Waals surface area contributed by atoms with Gasteiger partial charge in [0.15, 0.2) is 5.60 Å². The number of anilines is 1. The van der Waals surface area contributed by atoms with Crippen molar-refractivity contribution in [2.24, 2.45) is 5.92 Å². The average molecular weight is 393 g/mol. The number of aromatic amines is 1. The van der Waals surface area contributed by atoms with Gasteiger partial charge in [0, 0.05) is 25.1 Å². The van der Waals surface area contributed by atoms with Gasteiger partial charge in [0.1, 0.15) is 0 Å². The third kappa shape index (κ3) is 2.82. The molecule has 0 radical (unpaired) electrons. The summed E-state index contributed by atoms with van der Waals surface area (Å²) in [6.45, 7) is 1.76. The molecule has 0 saturated heterocycles. The summed E-state index contributed by atoms with van der Waals surface area (Å²) in [5, 5.41) is 24.1. The van der Waals surface area contributed by atoms with E-state index in [9.17, 15) is 14.7 Å². The lowest BCUT2D eigenvalue weighted by atomic mass is 9.82. The first-order valence-electron chi connectivity index (χ1n) is 9.52. The molecular formula is C22H23N3O4. The summed E-state index contributed by atoms with van der Waals surface area (Å²) in [7, 11) is 1.62. The number of nitrogens with one attached hydrogen (secondary N) is 1. The van der Waals surface area contributed by atoms with Crippen molar-refractivity contribution in [3.05, 3.63) is 70.5 Å². The number of likely N-dealkylation sites (N-methyl/N-ethyl adjacent to an activating group) is 1. The second kappa shape index (κ2) is 7.02. The van der Waals surface area contributed by atoms with Crippen molar-refractivity contribution >= 4 is 22.5 Å². The largest absolute Gasteiger partial charge is 0.396 e. The van der Waals surface area contributed by atoms with Gasteiger partial charge in [-0.3, -0.25) is 14.7 Å². The summed E-state index contributed by atoms with van der Waals surface area (Å²) >= 11 is 0. The molecule has 150 valence electrons. The third-order valence-electron chi connectivity index (χ3n) is 5.61. The normalized spacial score (nSPS) is 20.0. The zero-order valence-electron chi connectivity index (χ0n) is 16.3. The van der Waals surface area contributed by atoms with Crippen molar-refractivity contribution in [2.75, 3.05) is 18.6 Å².